The Morgan fingerprint density at radius 3 is 2.20 bits per heavy atom. The number of benzene rings is 1. The Morgan fingerprint density at radius 2 is 1.68 bits per heavy atom. The summed E-state index contributed by atoms with van der Waals surface area (Å²) in [6.45, 7) is 17.0. The number of hydrogen-bond acceptors (Lipinski definition) is 2. The molecule has 1 N–H and O–H groups in total. The standard InChI is InChI=1S/C22H34N2O/c1-15(2)20(25)18(23-21(3,4)5)13-16-14-24(22(6,7)8)19-12-10-9-11-17(16)19/h9-12,14-15,18,23H,13H2,1-8H3. The van der Waals surface area contributed by atoms with Gasteiger partial charge in [0, 0.05) is 34.1 Å². The molecule has 1 atom stereocenters. The first-order valence-corrected chi connectivity index (χ1v) is 9.31. The average molecular weight is 343 g/mol. The van der Waals surface area contributed by atoms with Crippen LogP contribution < -0.4 is 5.32 Å². The quantitative estimate of drug-likeness (QED) is 0.837. The maximum absolute atomic E-state index is 12.8. The number of nitrogens with zero attached hydrogens (tertiary/aromatic N) is 1. The van der Waals surface area contributed by atoms with Crippen LogP contribution in [0.4, 0.5) is 0 Å². The fourth-order valence-electron chi connectivity index (χ4n) is 3.34. The highest BCUT2D eigenvalue weighted by atomic mass is 16.1. The van der Waals surface area contributed by atoms with E-state index in [2.05, 4.69) is 81.9 Å². The first kappa shape index (κ1) is 19.7. The van der Waals surface area contributed by atoms with E-state index in [4.69, 9.17) is 0 Å². The number of carbonyl (C=O) groups is 1. The second-order valence-corrected chi connectivity index (χ2v) is 9.42. The van der Waals surface area contributed by atoms with Crippen molar-refractivity contribution in [1.29, 1.82) is 0 Å². The van der Waals surface area contributed by atoms with Crippen LogP contribution in [0.15, 0.2) is 30.5 Å². The lowest BCUT2D eigenvalue weighted by Gasteiger charge is -2.29. The molecule has 138 valence electrons. The molecule has 0 amide bonds. The summed E-state index contributed by atoms with van der Waals surface area (Å²) in [5.74, 6) is 0.304. The Labute approximate surface area is 152 Å². The summed E-state index contributed by atoms with van der Waals surface area (Å²) in [6.07, 6.45) is 2.95. The third-order valence-corrected chi connectivity index (χ3v) is 4.46. The van der Waals surface area contributed by atoms with Crippen molar-refractivity contribution in [2.75, 3.05) is 0 Å². The first-order chi connectivity index (χ1) is 11.4. The largest absolute Gasteiger partial charge is 0.342 e. The van der Waals surface area contributed by atoms with Crippen molar-refractivity contribution in [1.82, 2.24) is 9.88 Å². The van der Waals surface area contributed by atoms with Crippen LogP contribution in [0.3, 0.4) is 0 Å². The number of carbonyl (C=O) groups excluding carboxylic acids is 1. The van der Waals surface area contributed by atoms with E-state index in [9.17, 15) is 4.79 Å². The number of fused-ring (bicyclic) bond motifs is 1. The number of aromatic nitrogens is 1. The number of nitrogens with one attached hydrogen (secondary N) is 1. The molecule has 2 aromatic rings. The number of rotatable bonds is 5. The zero-order chi connectivity index (χ0) is 19.0. The molecule has 25 heavy (non-hydrogen) atoms. The van der Waals surface area contributed by atoms with Gasteiger partial charge in [-0.05, 0) is 59.6 Å². The molecule has 0 saturated heterocycles. The summed E-state index contributed by atoms with van der Waals surface area (Å²) < 4.78 is 2.33. The highest BCUT2D eigenvalue weighted by Gasteiger charge is 2.27. The number of Topliss-reactive ketones (excluding diaryl/α,β-unsaturated/α-hetero) is 1. The molecular weight excluding hydrogens is 308 g/mol. The lowest BCUT2D eigenvalue weighted by Crippen LogP contribution is -2.50. The van der Waals surface area contributed by atoms with Crippen LogP contribution in [-0.2, 0) is 16.8 Å². The molecule has 1 unspecified atom stereocenters. The van der Waals surface area contributed by atoms with Gasteiger partial charge in [-0.1, -0.05) is 32.0 Å². The van der Waals surface area contributed by atoms with Gasteiger partial charge < -0.3 is 9.88 Å². The number of hydrogen-bond donors (Lipinski definition) is 1. The average Bonchev–Trinajstić information content (AvgIpc) is 2.83. The summed E-state index contributed by atoms with van der Waals surface area (Å²) in [7, 11) is 0. The van der Waals surface area contributed by atoms with Gasteiger partial charge in [0.2, 0.25) is 0 Å². The lowest BCUT2D eigenvalue weighted by molar-refractivity contribution is -0.124. The zero-order valence-electron chi connectivity index (χ0n) is 17.1. The van der Waals surface area contributed by atoms with E-state index < -0.39 is 0 Å². The summed E-state index contributed by atoms with van der Waals surface area (Å²) in [5.41, 5.74) is 2.38. The van der Waals surface area contributed by atoms with Crippen molar-refractivity contribution in [3.63, 3.8) is 0 Å². The smallest absolute Gasteiger partial charge is 0.152 e. The molecule has 3 nitrogen and oxygen atoms in total. The first-order valence-electron chi connectivity index (χ1n) is 9.31. The van der Waals surface area contributed by atoms with Crippen LogP contribution in [0.25, 0.3) is 10.9 Å². The van der Waals surface area contributed by atoms with E-state index in [0.29, 0.717) is 0 Å². The maximum atomic E-state index is 12.8. The molecular formula is C22H34N2O. The predicted molar refractivity (Wildman–Crippen MR) is 107 cm³/mol. The molecule has 1 aromatic carbocycles. The second-order valence-electron chi connectivity index (χ2n) is 9.42. The van der Waals surface area contributed by atoms with Gasteiger partial charge in [-0.2, -0.15) is 0 Å². The minimum atomic E-state index is -0.167. The van der Waals surface area contributed by atoms with E-state index in [1.54, 1.807) is 0 Å². The molecule has 0 aliphatic carbocycles. The predicted octanol–water partition coefficient (Wildman–Crippen LogP) is 4.92. The van der Waals surface area contributed by atoms with Crippen molar-refractivity contribution in [3.8, 4) is 0 Å². The van der Waals surface area contributed by atoms with E-state index in [-0.39, 0.29) is 28.8 Å². The molecule has 0 fully saturated rings. The molecule has 2 rings (SSSR count). The summed E-state index contributed by atoms with van der Waals surface area (Å²) in [6, 6.07) is 8.33. The SMILES string of the molecule is CC(C)C(=O)C(Cc1cn(C(C)(C)C)c2ccccc12)NC(C)(C)C. The summed E-state index contributed by atoms with van der Waals surface area (Å²) in [4.78, 5) is 12.8. The van der Waals surface area contributed by atoms with E-state index in [1.165, 1.54) is 16.5 Å². The normalized spacial score (nSPS) is 14.3. The molecule has 1 aromatic heterocycles. The van der Waals surface area contributed by atoms with Gasteiger partial charge in [-0.15, -0.1) is 0 Å². The Balaban J connectivity index is 2.47. The van der Waals surface area contributed by atoms with Gasteiger partial charge in [0.05, 0.1) is 6.04 Å². The minimum Gasteiger partial charge on any atom is -0.342 e. The van der Waals surface area contributed by atoms with Crippen LogP contribution in [-0.4, -0.2) is 21.9 Å². The van der Waals surface area contributed by atoms with Gasteiger partial charge in [0.25, 0.3) is 0 Å². The monoisotopic (exact) mass is 342 g/mol. The van der Waals surface area contributed by atoms with Crippen molar-refractivity contribution < 1.29 is 4.79 Å². The maximum Gasteiger partial charge on any atom is 0.152 e. The van der Waals surface area contributed by atoms with Gasteiger partial charge in [0.1, 0.15) is 0 Å². The second kappa shape index (κ2) is 6.95. The van der Waals surface area contributed by atoms with Gasteiger partial charge in [0.15, 0.2) is 5.78 Å². The highest BCUT2D eigenvalue weighted by molar-refractivity contribution is 5.88. The topological polar surface area (TPSA) is 34.0 Å². The number of ketones is 1. The molecule has 0 aliphatic heterocycles. The van der Waals surface area contributed by atoms with Crippen LogP contribution >= 0.6 is 0 Å². The van der Waals surface area contributed by atoms with E-state index in [1.807, 2.05) is 13.8 Å². The molecule has 3 heteroatoms. The molecule has 0 spiro atoms. The summed E-state index contributed by atoms with van der Waals surface area (Å²) in [5, 5.41) is 4.78. The Morgan fingerprint density at radius 1 is 1.08 bits per heavy atom. The van der Waals surface area contributed by atoms with E-state index >= 15 is 0 Å². The van der Waals surface area contributed by atoms with Gasteiger partial charge in [-0.3, -0.25) is 4.79 Å². The Bertz CT molecular complexity index is 741. The molecule has 0 saturated carbocycles. The van der Waals surface area contributed by atoms with Crippen LogP contribution in [0.2, 0.25) is 0 Å². The Hall–Kier alpha value is -1.61. The molecule has 0 bridgehead atoms. The minimum absolute atomic E-state index is 0.00681. The lowest BCUT2D eigenvalue weighted by atomic mass is 9.93. The molecule has 0 aliphatic rings. The van der Waals surface area contributed by atoms with Crippen molar-refractivity contribution in [2.45, 2.75) is 78.9 Å². The fraction of sp³-hybridized carbons (Fsp3) is 0.591. The van der Waals surface area contributed by atoms with Crippen molar-refractivity contribution >= 4 is 16.7 Å². The van der Waals surface area contributed by atoms with Gasteiger partial charge in [-0.25, -0.2) is 0 Å². The van der Waals surface area contributed by atoms with Gasteiger partial charge >= 0.3 is 0 Å². The molecule has 0 radical (unpaired) electrons. The van der Waals surface area contributed by atoms with Crippen LogP contribution in [0.1, 0.15) is 61.0 Å². The highest BCUT2D eigenvalue weighted by Crippen LogP contribution is 2.29. The molecule has 1 heterocycles. The fourth-order valence-corrected chi connectivity index (χ4v) is 3.34. The zero-order valence-corrected chi connectivity index (χ0v) is 17.1. The number of para-hydroxylation sites is 1. The van der Waals surface area contributed by atoms with Crippen LogP contribution in [0.5, 0.6) is 0 Å². The van der Waals surface area contributed by atoms with E-state index in [0.717, 1.165) is 6.42 Å². The third-order valence-electron chi connectivity index (χ3n) is 4.46. The van der Waals surface area contributed by atoms with Crippen molar-refractivity contribution in [3.05, 3.63) is 36.0 Å². The third kappa shape index (κ3) is 4.72. The Kier molecular flexibility index (Phi) is 5.48. The van der Waals surface area contributed by atoms with Crippen LogP contribution in [0, 0.1) is 5.92 Å². The van der Waals surface area contributed by atoms with Crippen molar-refractivity contribution in [2.24, 2.45) is 5.92 Å². The summed E-state index contributed by atoms with van der Waals surface area (Å²) >= 11 is 0.